The van der Waals surface area contributed by atoms with Gasteiger partial charge in [0.15, 0.2) is 6.29 Å². The molecular formula is C26H40O8. The Bertz CT molecular complexity index is 809. The van der Waals surface area contributed by atoms with Crippen molar-refractivity contribution in [2.45, 2.75) is 89.5 Å². The number of hydrogen-bond acceptors (Lipinski definition) is 8. The number of allylic oxidation sites excluding steroid dienone is 1. The van der Waals surface area contributed by atoms with E-state index < -0.39 is 37.3 Å². The zero-order valence-corrected chi connectivity index (χ0v) is 20.3. The minimum atomic E-state index is -1.45. The summed E-state index contributed by atoms with van der Waals surface area (Å²) in [6.45, 7) is 9.21. The van der Waals surface area contributed by atoms with Gasteiger partial charge in [-0.3, -0.25) is 0 Å². The van der Waals surface area contributed by atoms with E-state index in [9.17, 15) is 25.2 Å². The lowest BCUT2D eigenvalue weighted by molar-refractivity contribution is -0.309. The molecule has 34 heavy (non-hydrogen) atoms. The van der Waals surface area contributed by atoms with Crippen LogP contribution < -0.4 is 0 Å². The van der Waals surface area contributed by atoms with Gasteiger partial charge in [-0.1, -0.05) is 32.4 Å². The molecule has 2 heterocycles. The molecule has 1 saturated heterocycles. The third-order valence-electron chi connectivity index (χ3n) is 9.08. The number of esters is 1. The maximum Gasteiger partial charge on any atom is 0.334 e. The first-order valence-electron chi connectivity index (χ1n) is 12.6. The molecule has 0 aromatic heterocycles. The monoisotopic (exact) mass is 480 g/mol. The van der Waals surface area contributed by atoms with Gasteiger partial charge in [0.25, 0.3) is 0 Å². The van der Waals surface area contributed by atoms with Gasteiger partial charge in [0.05, 0.1) is 13.2 Å². The van der Waals surface area contributed by atoms with E-state index in [1.807, 2.05) is 6.08 Å². The summed E-state index contributed by atoms with van der Waals surface area (Å²) in [5, 5.41) is 40.0. The summed E-state index contributed by atoms with van der Waals surface area (Å²) in [6, 6.07) is 0. The fourth-order valence-electron chi connectivity index (χ4n) is 7.17. The summed E-state index contributed by atoms with van der Waals surface area (Å²) in [6.07, 6.45) is 2.15. The zero-order valence-electron chi connectivity index (χ0n) is 20.3. The van der Waals surface area contributed by atoms with Gasteiger partial charge in [-0.2, -0.15) is 0 Å². The molecule has 9 atom stereocenters. The largest absolute Gasteiger partial charge is 0.458 e. The number of cyclic esters (lactones) is 1. The predicted molar refractivity (Wildman–Crippen MR) is 123 cm³/mol. The quantitative estimate of drug-likeness (QED) is 0.321. The molecule has 3 fully saturated rings. The minimum Gasteiger partial charge on any atom is -0.458 e. The molecule has 0 aromatic carbocycles. The van der Waals surface area contributed by atoms with Crippen molar-refractivity contribution in [1.29, 1.82) is 0 Å². The molecule has 0 aromatic rings. The van der Waals surface area contributed by atoms with Gasteiger partial charge in [0, 0.05) is 5.57 Å². The van der Waals surface area contributed by atoms with Crippen molar-refractivity contribution in [3.05, 3.63) is 23.8 Å². The molecular weight excluding hydrogens is 440 g/mol. The molecule has 0 bridgehead atoms. The maximum atomic E-state index is 11.9. The van der Waals surface area contributed by atoms with E-state index in [-0.39, 0.29) is 16.8 Å². The maximum absolute atomic E-state index is 11.9. The molecule has 4 aliphatic rings. The number of aliphatic hydroxyl groups excluding tert-OH is 4. The summed E-state index contributed by atoms with van der Waals surface area (Å²) in [5.74, 6) is 0.454. The van der Waals surface area contributed by atoms with Crippen LogP contribution in [0.2, 0.25) is 0 Å². The van der Waals surface area contributed by atoms with E-state index in [4.69, 9.17) is 14.2 Å². The zero-order chi connectivity index (χ0) is 24.7. The van der Waals surface area contributed by atoms with Crippen LogP contribution in [0.4, 0.5) is 0 Å². The summed E-state index contributed by atoms with van der Waals surface area (Å²) in [5.41, 5.74) is 1.87. The van der Waals surface area contributed by atoms with Crippen molar-refractivity contribution in [1.82, 2.24) is 0 Å². The van der Waals surface area contributed by atoms with Crippen molar-refractivity contribution in [2.75, 3.05) is 19.8 Å². The van der Waals surface area contributed by atoms with Gasteiger partial charge < -0.3 is 34.6 Å². The second-order valence-corrected chi connectivity index (χ2v) is 11.2. The molecule has 4 N–H and O–H groups in total. The molecule has 192 valence electrons. The summed E-state index contributed by atoms with van der Waals surface area (Å²) < 4.78 is 16.7. The lowest BCUT2D eigenvalue weighted by Crippen LogP contribution is -2.60. The van der Waals surface area contributed by atoms with Gasteiger partial charge >= 0.3 is 5.97 Å². The second-order valence-electron chi connectivity index (χ2n) is 11.2. The molecule has 2 aliphatic carbocycles. The van der Waals surface area contributed by atoms with Crippen LogP contribution in [0.3, 0.4) is 0 Å². The van der Waals surface area contributed by atoms with E-state index in [2.05, 4.69) is 20.4 Å². The van der Waals surface area contributed by atoms with E-state index >= 15 is 0 Å². The standard InChI is InChI=1S/C26H40O8/c1-15-5-8-19-25(2,14-33-24-22(30)21(29)20(28)18(13-27)34-24)10-4-11-26(19,3)17(15)7-6-16-9-12-32-23(16)31/h9,17-22,24,27-30H,1,4-8,10-14H2,2-3H3/t17-,18+,19+,20+,21-,22+,24+,25-,26-/m0/s1. The van der Waals surface area contributed by atoms with E-state index in [1.165, 1.54) is 5.57 Å². The van der Waals surface area contributed by atoms with Crippen molar-refractivity contribution < 1.29 is 39.4 Å². The van der Waals surface area contributed by atoms with Crippen LogP contribution in [0, 0.1) is 22.7 Å². The summed E-state index contributed by atoms with van der Waals surface area (Å²) in [7, 11) is 0. The third-order valence-corrected chi connectivity index (χ3v) is 9.08. The predicted octanol–water partition coefficient (Wildman–Crippen LogP) is 1.85. The topological polar surface area (TPSA) is 126 Å². The van der Waals surface area contributed by atoms with Gasteiger partial charge in [-0.25, -0.2) is 4.79 Å². The first kappa shape index (κ1) is 25.8. The van der Waals surface area contributed by atoms with Crippen LogP contribution in [-0.4, -0.2) is 76.9 Å². The third kappa shape index (κ3) is 4.61. The van der Waals surface area contributed by atoms with Crippen LogP contribution in [-0.2, 0) is 19.0 Å². The molecule has 4 rings (SSSR count). The van der Waals surface area contributed by atoms with Crippen molar-refractivity contribution in [3.63, 3.8) is 0 Å². The Morgan fingerprint density at radius 2 is 1.94 bits per heavy atom. The number of fused-ring (bicyclic) bond motifs is 1. The minimum absolute atomic E-state index is 0.0180. The highest BCUT2D eigenvalue weighted by molar-refractivity contribution is 5.90. The molecule has 0 amide bonds. The fraction of sp³-hybridized carbons (Fsp3) is 0.808. The number of rotatable bonds is 7. The average Bonchev–Trinajstić information content (AvgIpc) is 3.21. The first-order chi connectivity index (χ1) is 16.1. The highest BCUT2D eigenvalue weighted by atomic mass is 16.7. The smallest absolute Gasteiger partial charge is 0.334 e. The summed E-state index contributed by atoms with van der Waals surface area (Å²) in [4.78, 5) is 11.9. The van der Waals surface area contributed by atoms with Crippen LogP contribution >= 0.6 is 0 Å². The Morgan fingerprint density at radius 3 is 2.62 bits per heavy atom. The fourth-order valence-corrected chi connectivity index (χ4v) is 7.17. The van der Waals surface area contributed by atoms with Crippen LogP contribution in [0.1, 0.15) is 58.8 Å². The number of hydrogen-bond donors (Lipinski definition) is 4. The number of carbonyl (C=O) groups is 1. The van der Waals surface area contributed by atoms with E-state index in [1.54, 1.807) is 0 Å². The van der Waals surface area contributed by atoms with Gasteiger partial charge in [-0.05, 0) is 67.3 Å². The van der Waals surface area contributed by atoms with Crippen molar-refractivity contribution in [2.24, 2.45) is 22.7 Å². The van der Waals surface area contributed by atoms with E-state index in [0.717, 1.165) is 44.1 Å². The molecule has 8 heteroatoms. The molecule has 2 saturated carbocycles. The molecule has 2 aliphatic heterocycles. The lowest BCUT2D eigenvalue weighted by atomic mass is 9.47. The lowest BCUT2D eigenvalue weighted by Gasteiger charge is -2.59. The van der Waals surface area contributed by atoms with Gasteiger partial charge in [0.2, 0.25) is 0 Å². The van der Waals surface area contributed by atoms with E-state index in [0.29, 0.717) is 31.5 Å². The molecule has 0 radical (unpaired) electrons. The summed E-state index contributed by atoms with van der Waals surface area (Å²) >= 11 is 0. The van der Waals surface area contributed by atoms with Crippen LogP contribution in [0.15, 0.2) is 23.8 Å². The molecule has 0 spiro atoms. The first-order valence-corrected chi connectivity index (χ1v) is 12.6. The Morgan fingerprint density at radius 1 is 1.18 bits per heavy atom. The Kier molecular flexibility index (Phi) is 7.58. The van der Waals surface area contributed by atoms with Gasteiger partial charge in [-0.15, -0.1) is 0 Å². The highest BCUT2D eigenvalue weighted by Gasteiger charge is 2.55. The second kappa shape index (κ2) is 9.99. The molecule has 8 nitrogen and oxygen atoms in total. The van der Waals surface area contributed by atoms with Crippen molar-refractivity contribution in [3.8, 4) is 0 Å². The Hall–Kier alpha value is -1.29. The van der Waals surface area contributed by atoms with Crippen LogP contribution in [0.5, 0.6) is 0 Å². The Labute approximate surface area is 201 Å². The highest BCUT2D eigenvalue weighted by Crippen LogP contribution is 2.62. The Balaban J connectivity index is 1.46. The van der Waals surface area contributed by atoms with Gasteiger partial charge in [0.1, 0.15) is 31.0 Å². The normalized spacial score (nSPS) is 45.0. The van der Waals surface area contributed by atoms with Crippen LogP contribution in [0.25, 0.3) is 0 Å². The van der Waals surface area contributed by atoms with Crippen molar-refractivity contribution >= 4 is 5.97 Å². The number of ether oxygens (including phenoxy) is 3. The molecule has 0 unspecified atom stereocenters. The average molecular weight is 481 g/mol. The number of carbonyl (C=O) groups excluding carboxylic acids is 1. The SMILES string of the molecule is C=C1CC[C@@H]2[C@](C)(CO[C@@H]3O[C@H](CO)[C@@H](O)[C@H](O)[C@H]3O)CCC[C@@]2(C)[C@H]1CCC1=CCOC1=O. The number of aliphatic hydroxyl groups is 4.